The van der Waals surface area contributed by atoms with Gasteiger partial charge in [0.2, 0.25) is 0 Å². The molecular weight excluding hydrogens is 545 g/mol. The number of carboxylic acid groups (broad SMARTS) is 1. The molecule has 200 valence electrons. The van der Waals surface area contributed by atoms with Crippen LogP contribution >= 0.6 is 23.2 Å². The number of carboxylic acids is 1. The van der Waals surface area contributed by atoms with Gasteiger partial charge >= 0.3 is 5.97 Å². The van der Waals surface area contributed by atoms with Crippen LogP contribution in [0.3, 0.4) is 0 Å². The van der Waals surface area contributed by atoms with Crippen molar-refractivity contribution in [2.45, 2.75) is 13.0 Å². The molecule has 0 aliphatic rings. The molecule has 0 saturated heterocycles. The van der Waals surface area contributed by atoms with Crippen molar-refractivity contribution in [3.63, 3.8) is 0 Å². The smallest absolute Gasteiger partial charge is 0.305 e. The highest BCUT2D eigenvalue weighted by molar-refractivity contribution is 6.35. The monoisotopic (exact) mass is 569 g/mol. The van der Waals surface area contributed by atoms with Crippen LogP contribution in [0.5, 0.6) is 0 Å². The maximum absolute atomic E-state index is 12.3. The van der Waals surface area contributed by atoms with E-state index in [0.29, 0.717) is 22.2 Å². The van der Waals surface area contributed by atoms with Crippen LogP contribution in [0.25, 0.3) is 33.6 Å². The number of carbonyl (C=O) groups excluding carboxylic acids is 1. The van der Waals surface area contributed by atoms with Crippen molar-refractivity contribution in [2.24, 2.45) is 0 Å². The van der Waals surface area contributed by atoms with E-state index in [1.807, 2.05) is 65.3 Å². The summed E-state index contributed by atoms with van der Waals surface area (Å²) < 4.78 is 1.90. The summed E-state index contributed by atoms with van der Waals surface area (Å²) in [6.45, 7) is 0.516. The third-order valence-corrected chi connectivity index (χ3v) is 6.81. The molecular formula is C32H25Cl2N3O3. The summed E-state index contributed by atoms with van der Waals surface area (Å²) in [6.07, 6.45) is -0.129. The van der Waals surface area contributed by atoms with E-state index in [0.717, 1.165) is 39.2 Å². The number of benzene rings is 4. The Bertz CT molecular complexity index is 1640. The van der Waals surface area contributed by atoms with Crippen LogP contribution < -0.4 is 5.32 Å². The lowest BCUT2D eigenvalue weighted by Crippen LogP contribution is -2.25. The van der Waals surface area contributed by atoms with E-state index in [4.69, 9.17) is 33.4 Å². The number of halogens is 2. The number of amides is 1. The Morgan fingerprint density at radius 3 is 2.12 bits per heavy atom. The van der Waals surface area contributed by atoms with Gasteiger partial charge in [-0.05, 0) is 59.2 Å². The van der Waals surface area contributed by atoms with Crippen molar-refractivity contribution in [3.05, 3.63) is 124 Å². The van der Waals surface area contributed by atoms with Gasteiger partial charge in [0.05, 0.1) is 24.4 Å². The van der Waals surface area contributed by atoms with E-state index in [1.54, 1.807) is 18.2 Å². The zero-order valence-electron chi connectivity index (χ0n) is 21.4. The van der Waals surface area contributed by atoms with Crippen molar-refractivity contribution >= 4 is 35.1 Å². The van der Waals surface area contributed by atoms with E-state index in [2.05, 4.69) is 29.6 Å². The van der Waals surface area contributed by atoms with Crippen LogP contribution in [-0.2, 0) is 11.3 Å². The molecule has 5 rings (SSSR count). The van der Waals surface area contributed by atoms with Crippen LogP contribution in [0.2, 0.25) is 10.0 Å². The highest BCUT2D eigenvalue weighted by Gasteiger charge is 2.15. The van der Waals surface area contributed by atoms with Crippen LogP contribution in [0, 0.1) is 0 Å². The number of hydrogen-bond acceptors (Lipinski definition) is 3. The van der Waals surface area contributed by atoms with E-state index >= 15 is 0 Å². The molecule has 8 heteroatoms. The summed E-state index contributed by atoms with van der Waals surface area (Å²) in [5, 5.41) is 17.4. The van der Waals surface area contributed by atoms with Gasteiger partial charge in [-0.2, -0.15) is 5.10 Å². The van der Waals surface area contributed by atoms with Gasteiger partial charge in [0, 0.05) is 33.3 Å². The summed E-state index contributed by atoms with van der Waals surface area (Å²) in [5.74, 6) is -1.28. The fourth-order valence-electron chi connectivity index (χ4n) is 4.42. The van der Waals surface area contributed by atoms with Crippen molar-refractivity contribution in [3.8, 4) is 33.6 Å². The van der Waals surface area contributed by atoms with Gasteiger partial charge < -0.3 is 10.4 Å². The number of nitrogens with zero attached hydrogens (tertiary/aromatic N) is 2. The molecule has 1 aromatic heterocycles. The molecule has 5 aromatic rings. The van der Waals surface area contributed by atoms with Crippen molar-refractivity contribution in [1.82, 2.24) is 15.1 Å². The quantitative estimate of drug-likeness (QED) is 0.193. The second-order valence-corrected chi connectivity index (χ2v) is 10.1. The molecule has 0 fully saturated rings. The van der Waals surface area contributed by atoms with Gasteiger partial charge in [0.15, 0.2) is 0 Å². The number of aromatic nitrogens is 2. The Labute approximate surface area is 241 Å². The summed E-state index contributed by atoms with van der Waals surface area (Å²) in [5.41, 5.74) is 7.07. The van der Waals surface area contributed by atoms with Gasteiger partial charge in [-0.3, -0.25) is 14.3 Å². The molecule has 0 saturated carbocycles. The molecule has 40 heavy (non-hydrogen) atoms. The third kappa shape index (κ3) is 6.60. The van der Waals surface area contributed by atoms with E-state index < -0.39 is 5.97 Å². The molecule has 0 radical (unpaired) electrons. The molecule has 1 heterocycles. The summed E-state index contributed by atoms with van der Waals surface area (Å²) in [7, 11) is 0. The van der Waals surface area contributed by atoms with E-state index in [1.165, 1.54) is 0 Å². The molecule has 6 nitrogen and oxygen atoms in total. The standard InChI is InChI=1S/C32H25Cl2N3O3/c33-27-16-26(17-28(34)18-27)30-19-29(25-8-4-7-24(15-25)22-5-2-1-3-6-22)36-37(30)20-21-9-11-23(12-10-21)32(40)35-14-13-31(38)39/h1-12,15-19H,13-14,20H2,(H,35,40)(H,38,39). The molecule has 4 aromatic carbocycles. The maximum atomic E-state index is 12.3. The number of hydrogen-bond donors (Lipinski definition) is 2. The van der Waals surface area contributed by atoms with Crippen LogP contribution in [0.15, 0.2) is 103 Å². The molecule has 0 unspecified atom stereocenters. The number of aliphatic carboxylic acids is 1. The largest absolute Gasteiger partial charge is 0.481 e. The molecule has 0 aliphatic heterocycles. The second-order valence-electron chi connectivity index (χ2n) is 9.27. The first-order valence-electron chi connectivity index (χ1n) is 12.6. The number of nitrogens with one attached hydrogen (secondary N) is 1. The summed E-state index contributed by atoms with van der Waals surface area (Å²) >= 11 is 12.7. The highest BCUT2D eigenvalue weighted by atomic mass is 35.5. The van der Waals surface area contributed by atoms with Gasteiger partial charge in [-0.15, -0.1) is 0 Å². The lowest BCUT2D eigenvalue weighted by Gasteiger charge is -2.10. The van der Waals surface area contributed by atoms with Gasteiger partial charge in [0.25, 0.3) is 5.91 Å². The fourth-order valence-corrected chi connectivity index (χ4v) is 4.95. The average molecular weight is 570 g/mol. The molecule has 0 spiro atoms. The summed E-state index contributed by atoms with van der Waals surface area (Å²) in [6, 6.07) is 33.0. The first-order chi connectivity index (χ1) is 19.4. The highest BCUT2D eigenvalue weighted by Crippen LogP contribution is 2.32. The van der Waals surface area contributed by atoms with Crippen molar-refractivity contribution in [2.75, 3.05) is 6.54 Å². The fraction of sp³-hybridized carbons (Fsp3) is 0.0938. The average Bonchev–Trinajstić information content (AvgIpc) is 3.37. The zero-order valence-corrected chi connectivity index (χ0v) is 22.9. The maximum Gasteiger partial charge on any atom is 0.305 e. The lowest BCUT2D eigenvalue weighted by atomic mass is 10.0. The van der Waals surface area contributed by atoms with Gasteiger partial charge in [-0.1, -0.05) is 83.9 Å². The van der Waals surface area contributed by atoms with Crippen molar-refractivity contribution in [1.29, 1.82) is 0 Å². The zero-order chi connectivity index (χ0) is 28.1. The Hall–Kier alpha value is -4.39. The molecule has 0 aliphatic carbocycles. The Kier molecular flexibility index (Phi) is 8.29. The Balaban J connectivity index is 1.46. The van der Waals surface area contributed by atoms with Crippen LogP contribution in [0.1, 0.15) is 22.3 Å². The minimum atomic E-state index is -0.960. The third-order valence-electron chi connectivity index (χ3n) is 6.38. The van der Waals surface area contributed by atoms with Crippen molar-refractivity contribution < 1.29 is 14.7 Å². The van der Waals surface area contributed by atoms with Gasteiger partial charge in [-0.25, -0.2) is 0 Å². The Morgan fingerprint density at radius 2 is 1.43 bits per heavy atom. The predicted molar refractivity (Wildman–Crippen MR) is 159 cm³/mol. The topological polar surface area (TPSA) is 84.2 Å². The summed E-state index contributed by atoms with van der Waals surface area (Å²) in [4.78, 5) is 23.0. The number of carbonyl (C=O) groups is 2. The second kappa shape index (κ2) is 12.2. The molecule has 1 amide bonds. The first kappa shape index (κ1) is 27.2. The first-order valence-corrected chi connectivity index (χ1v) is 13.4. The van der Waals surface area contributed by atoms with Crippen LogP contribution in [-0.4, -0.2) is 33.3 Å². The molecule has 2 N–H and O–H groups in total. The minimum absolute atomic E-state index is 0.0724. The van der Waals surface area contributed by atoms with E-state index in [-0.39, 0.29) is 18.9 Å². The van der Waals surface area contributed by atoms with Gasteiger partial charge in [0.1, 0.15) is 0 Å². The Morgan fingerprint density at radius 1 is 0.750 bits per heavy atom. The minimum Gasteiger partial charge on any atom is -0.481 e. The number of rotatable bonds is 9. The normalized spacial score (nSPS) is 10.8. The van der Waals surface area contributed by atoms with Crippen LogP contribution in [0.4, 0.5) is 0 Å². The molecule has 0 bridgehead atoms. The lowest BCUT2D eigenvalue weighted by molar-refractivity contribution is -0.136. The predicted octanol–water partition coefficient (Wildman–Crippen LogP) is 7.44. The van der Waals surface area contributed by atoms with E-state index in [9.17, 15) is 9.59 Å². The SMILES string of the molecule is O=C(O)CCNC(=O)c1ccc(Cn2nc(-c3cccc(-c4ccccc4)c3)cc2-c2cc(Cl)cc(Cl)c2)cc1. The molecule has 0 atom stereocenters.